The molecule has 0 amide bonds. The minimum atomic E-state index is -1.13. The summed E-state index contributed by atoms with van der Waals surface area (Å²) in [6, 6.07) is 0. The molecule has 0 radical (unpaired) electrons. The molecule has 6 nitrogen and oxygen atoms in total. The second kappa shape index (κ2) is 24.6. The van der Waals surface area contributed by atoms with Gasteiger partial charge in [0.05, 0.1) is 13.2 Å². The van der Waals surface area contributed by atoms with Crippen molar-refractivity contribution < 1.29 is 29.5 Å². The molecule has 238 valence electrons. The van der Waals surface area contributed by atoms with Crippen LogP contribution in [-0.2, 0) is 17.7 Å². The number of rotatable bonds is 28. The lowest BCUT2D eigenvalue weighted by atomic mass is 9.90. The minimum Gasteiger partial charge on any atom is -0.503 e. The summed E-state index contributed by atoms with van der Waals surface area (Å²) in [5.41, 5.74) is 1.53. The number of hydrogen-bond donors (Lipinski definition) is 2. The highest BCUT2D eigenvalue weighted by molar-refractivity contribution is 5.95. The summed E-state index contributed by atoms with van der Waals surface area (Å²) < 4.78 is 6.38. The van der Waals surface area contributed by atoms with Gasteiger partial charge >= 0.3 is 5.97 Å². The molecule has 0 aliphatic rings. The normalized spacial score (nSPS) is 11.2. The largest absolute Gasteiger partial charge is 0.503 e. The van der Waals surface area contributed by atoms with Gasteiger partial charge in [0.25, 0.3) is 0 Å². The third-order valence-electron chi connectivity index (χ3n) is 7.84. The van der Waals surface area contributed by atoms with E-state index < -0.39 is 5.97 Å². The van der Waals surface area contributed by atoms with Gasteiger partial charge in [0.1, 0.15) is 5.56 Å². The first-order chi connectivity index (χ1) is 20.0. The second-order valence-corrected chi connectivity index (χ2v) is 11.6. The Kier molecular flexibility index (Phi) is 22.3. The van der Waals surface area contributed by atoms with Crippen LogP contribution >= 0.6 is 0 Å². The van der Waals surface area contributed by atoms with E-state index in [1.54, 1.807) is 0 Å². The molecule has 1 aromatic carbocycles. The number of ether oxygens (including phenoxy) is 1. The number of aromatic carboxylic acids is 1. The smallest absolute Gasteiger partial charge is 0.339 e. The molecule has 1 rings (SSSR count). The maximum Gasteiger partial charge on any atom is 0.339 e. The quantitative estimate of drug-likeness (QED) is 0.0584. The van der Waals surface area contributed by atoms with E-state index in [-0.39, 0.29) is 17.1 Å². The average Bonchev–Trinajstić information content (AvgIpc) is 2.96. The molecular weight excluding hydrogens is 516 g/mol. The maximum absolute atomic E-state index is 12.5. The first kappa shape index (κ1) is 37.1. The molecule has 0 saturated heterocycles. The number of carbonyl (C=O) groups is 1. The predicted octanol–water partition coefficient (Wildman–Crippen LogP) is 10.7. The Morgan fingerprint density at radius 2 is 1.00 bits per heavy atom. The van der Waals surface area contributed by atoms with Crippen molar-refractivity contribution in [1.29, 1.82) is 0 Å². The van der Waals surface area contributed by atoms with Crippen molar-refractivity contribution >= 4 is 5.97 Å². The molecule has 0 saturated carbocycles. The van der Waals surface area contributed by atoms with Gasteiger partial charge in [0.2, 0.25) is 5.75 Å². The monoisotopic (exact) mass is 578 g/mol. The van der Waals surface area contributed by atoms with E-state index in [9.17, 15) is 15.0 Å². The van der Waals surface area contributed by atoms with E-state index in [1.165, 1.54) is 51.4 Å². The number of carboxylic acids is 1. The molecule has 0 aliphatic heterocycles. The topological polar surface area (TPSA) is 85.2 Å². The number of benzene rings is 1. The van der Waals surface area contributed by atoms with Gasteiger partial charge in [-0.25, -0.2) is 4.79 Å². The highest BCUT2D eigenvalue weighted by atomic mass is 17.2. The number of carboxylic acid groups (broad SMARTS) is 1. The SMILES string of the molecule is CCCCCCCOOc1c(O)c(C(=O)O)c(CCCCCCC)c(CCCCCCC)c1OCCCCCCC. The van der Waals surface area contributed by atoms with Crippen molar-refractivity contribution in [3.63, 3.8) is 0 Å². The molecular formula is C35H62O6. The maximum atomic E-state index is 12.5. The molecule has 2 N–H and O–H groups in total. The van der Waals surface area contributed by atoms with Crippen LogP contribution in [-0.4, -0.2) is 29.4 Å². The number of aromatic hydroxyl groups is 1. The van der Waals surface area contributed by atoms with Gasteiger partial charge in [-0.15, -0.1) is 0 Å². The third kappa shape index (κ3) is 15.2. The van der Waals surface area contributed by atoms with Crippen molar-refractivity contribution in [3.8, 4) is 17.2 Å². The Morgan fingerprint density at radius 3 is 1.49 bits per heavy atom. The van der Waals surface area contributed by atoms with E-state index in [4.69, 9.17) is 14.5 Å². The highest BCUT2D eigenvalue weighted by Crippen LogP contribution is 2.46. The summed E-state index contributed by atoms with van der Waals surface area (Å²) in [6.45, 7) is 9.66. The minimum absolute atomic E-state index is 0.0304. The van der Waals surface area contributed by atoms with Gasteiger partial charge < -0.3 is 19.8 Å². The number of hydrogen-bond acceptors (Lipinski definition) is 5. The van der Waals surface area contributed by atoms with Crippen LogP contribution in [0.3, 0.4) is 0 Å². The molecule has 0 atom stereocenters. The summed E-state index contributed by atoms with van der Waals surface area (Å²) in [6.07, 6.45) is 23.2. The molecule has 0 aliphatic carbocycles. The van der Waals surface area contributed by atoms with Crippen molar-refractivity contribution in [2.75, 3.05) is 13.2 Å². The predicted molar refractivity (Wildman–Crippen MR) is 170 cm³/mol. The second-order valence-electron chi connectivity index (χ2n) is 11.6. The zero-order chi connectivity index (χ0) is 30.1. The van der Waals surface area contributed by atoms with E-state index in [1.807, 2.05) is 0 Å². The lowest BCUT2D eigenvalue weighted by Gasteiger charge is -2.22. The Hall–Kier alpha value is -1.95. The lowest BCUT2D eigenvalue weighted by Crippen LogP contribution is -2.13. The van der Waals surface area contributed by atoms with Gasteiger partial charge in [0, 0.05) is 5.56 Å². The van der Waals surface area contributed by atoms with Crippen molar-refractivity contribution in [2.24, 2.45) is 0 Å². The number of phenols is 1. The molecule has 0 fully saturated rings. The van der Waals surface area contributed by atoms with Gasteiger partial charge in [-0.1, -0.05) is 130 Å². The van der Waals surface area contributed by atoms with E-state index in [0.717, 1.165) is 82.6 Å². The first-order valence-electron chi connectivity index (χ1n) is 17.1. The van der Waals surface area contributed by atoms with Gasteiger partial charge in [-0.2, -0.15) is 4.89 Å². The fraction of sp³-hybridized carbons (Fsp3) is 0.800. The fourth-order valence-corrected chi connectivity index (χ4v) is 5.35. The lowest BCUT2D eigenvalue weighted by molar-refractivity contribution is -0.209. The Morgan fingerprint density at radius 1 is 0.561 bits per heavy atom. The Labute approximate surface area is 251 Å². The summed E-state index contributed by atoms with van der Waals surface area (Å²) >= 11 is 0. The highest BCUT2D eigenvalue weighted by Gasteiger charge is 2.30. The molecule has 41 heavy (non-hydrogen) atoms. The summed E-state index contributed by atoms with van der Waals surface area (Å²) in [7, 11) is 0. The van der Waals surface area contributed by atoms with E-state index in [2.05, 4.69) is 27.7 Å². The molecule has 0 unspecified atom stereocenters. The molecule has 0 bridgehead atoms. The Balaban J connectivity index is 3.33. The first-order valence-corrected chi connectivity index (χ1v) is 17.1. The van der Waals surface area contributed by atoms with E-state index >= 15 is 0 Å². The van der Waals surface area contributed by atoms with Crippen LogP contribution in [0.5, 0.6) is 17.2 Å². The van der Waals surface area contributed by atoms with Crippen LogP contribution in [0.4, 0.5) is 0 Å². The zero-order valence-electron chi connectivity index (χ0n) is 27.0. The van der Waals surface area contributed by atoms with Crippen molar-refractivity contribution in [1.82, 2.24) is 0 Å². The van der Waals surface area contributed by atoms with Gasteiger partial charge in [-0.05, 0) is 44.1 Å². The van der Waals surface area contributed by atoms with E-state index in [0.29, 0.717) is 37.4 Å². The summed E-state index contributed by atoms with van der Waals surface area (Å²) in [5.74, 6) is -0.993. The standard InChI is InChI=1S/C35H62O6/c1-5-9-13-17-21-25-29-30(26-22-18-14-10-6-2)33(39-27-23-19-15-11-7-3)34(32(36)31(29)35(37)38)41-40-28-24-20-16-12-8-4/h36H,5-28H2,1-4H3,(H,37,38). The van der Waals surface area contributed by atoms with Crippen LogP contribution in [0.1, 0.15) is 178 Å². The fourth-order valence-electron chi connectivity index (χ4n) is 5.35. The average molecular weight is 579 g/mol. The zero-order valence-corrected chi connectivity index (χ0v) is 27.0. The summed E-state index contributed by atoms with van der Waals surface area (Å²) in [5, 5.41) is 21.6. The third-order valence-corrected chi connectivity index (χ3v) is 7.84. The molecule has 0 aromatic heterocycles. The number of unbranched alkanes of at least 4 members (excludes halogenated alkanes) is 16. The van der Waals surface area contributed by atoms with Crippen LogP contribution in [0.25, 0.3) is 0 Å². The van der Waals surface area contributed by atoms with Crippen LogP contribution in [0.2, 0.25) is 0 Å². The van der Waals surface area contributed by atoms with Gasteiger partial charge in [-0.3, -0.25) is 0 Å². The van der Waals surface area contributed by atoms with Crippen LogP contribution in [0, 0.1) is 0 Å². The molecule has 1 aromatic rings. The Bertz CT molecular complexity index is 807. The van der Waals surface area contributed by atoms with Crippen LogP contribution in [0.15, 0.2) is 0 Å². The molecule has 0 heterocycles. The van der Waals surface area contributed by atoms with Gasteiger partial charge in [0.15, 0.2) is 11.5 Å². The summed E-state index contributed by atoms with van der Waals surface area (Å²) in [4.78, 5) is 23.8. The van der Waals surface area contributed by atoms with Crippen molar-refractivity contribution in [3.05, 3.63) is 16.7 Å². The molecule has 6 heteroatoms. The molecule has 0 spiro atoms. The van der Waals surface area contributed by atoms with Crippen LogP contribution < -0.4 is 9.62 Å². The van der Waals surface area contributed by atoms with Crippen molar-refractivity contribution in [2.45, 2.75) is 169 Å².